The highest BCUT2D eigenvalue weighted by Crippen LogP contribution is 2.20. The van der Waals surface area contributed by atoms with E-state index in [0.29, 0.717) is 5.69 Å². The van der Waals surface area contributed by atoms with E-state index < -0.39 is 0 Å². The molecule has 2 aromatic rings. The van der Waals surface area contributed by atoms with Crippen molar-refractivity contribution in [3.05, 3.63) is 48.2 Å². The van der Waals surface area contributed by atoms with Gasteiger partial charge in [0, 0.05) is 12.7 Å². The monoisotopic (exact) mass is 240 g/mol. The predicted octanol–water partition coefficient (Wildman–Crippen LogP) is 2.60. The minimum atomic E-state index is 0.224. The van der Waals surface area contributed by atoms with Crippen LogP contribution < -0.4 is 4.74 Å². The topological polar surface area (TPSA) is 55.1 Å². The zero-order valence-electron chi connectivity index (χ0n) is 9.96. The first-order valence-electron chi connectivity index (χ1n) is 5.43. The molecule has 1 aromatic carbocycles. The van der Waals surface area contributed by atoms with E-state index in [-0.39, 0.29) is 6.79 Å². The fourth-order valence-corrected chi connectivity index (χ4v) is 1.51. The molecule has 0 saturated heterocycles. The van der Waals surface area contributed by atoms with Gasteiger partial charge in [-0.05, 0) is 36.4 Å². The van der Waals surface area contributed by atoms with Crippen molar-refractivity contribution in [2.24, 2.45) is 0 Å². The lowest BCUT2D eigenvalue weighted by Gasteiger charge is -2.05. The standard InChI is InChI=1S/C14H12N2O2/c1-17-10-18-13-7-5-11(6-8-13)14-4-2-3-12(9-15)16-14/h2-8H,10H2,1H3. The number of nitrogens with zero attached hydrogens (tertiary/aromatic N) is 2. The molecule has 1 aromatic heterocycles. The Morgan fingerprint density at radius 3 is 2.61 bits per heavy atom. The first-order chi connectivity index (χ1) is 8.83. The quantitative estimate of drug-likeness (QED) is 0.771. The summed E-state index contributed by atoms with van der Waals surface area (Å²) in [7, 11) is 1.58. The summed E-state index contributed by atoms with van der Waals surface area (Å²) in [6, 6.07) is 14.9. The van der Waals surface area contributed by atoms with Crippen LogP contribution in [0.1, 0.15) is 5.69 Å². The second kappa shape index (κ2) is 5.80. The van der Waals surface area contributed by atoms with Gasteiger partial charge < -0.3 is 9.47 Å². The molecule has 0 radical (unpaired) electrons. The van der Waals surface area contributed by atoms with Gasteiger partial charge >= 0.3 is 0 Å². The molecule has 0 aliphatic carbocycles. The number of rotatable bonds is 4. The number of aromatic nitrogens is 1. The molecule has 0 aliphatic heterocycles. The predicted molar refractivity (Wildman–Crippen MR) is 66.9 cm³/mol. The molecule has 0 aliphatic rings. The lowest BCUT2D eigenvalue weighted by molar-refractivity contribution is 0.0511. The molecule has 18 heavy (non-hydrogen) atoms. The minimum Gasteiger partial charge on any atom is -0.468 e. The Labute approximate surface area is 105 Å². The van der Waals surface area contributed by atoms with E-state index in [4.69, 9.17) is 14.7 Å². The Morgan fingerprint density at radius 2 is 1.94 bits per heavy atom. The lowest BCUT2D eigenvalue weighted by atomic mass is 10.1. The molecule has 90 valence electrons. The lowest BCUT2D eigenvalue weighted by Crippen LogP contribution is -1.98. The van der Waals surface area contributed by atoms with Crippen molar-refractivity contribution in [1.29, 1.82) is 5.26 Å². The molecular weight excluding hydrogens is 228 g/mol. The highest BCUT2D eigenvalue weighted by atomic mass is 16.7. The second-order valence-corrected chi connectivity index (χ2v) is 3.60. The van der Waals surface area contributed by atoms with E-state index in [1.807, 2.05) is 42.5 Å². The van der Waals surface area contributed by atoms with Crippen LogP contribution in [0.5, 0.6) is 5.75 Å². The number of hydrogen-bond donors (Lipinski definition) is 0. The SMILES string of the molecule is COCOc1ccc(-c2cccc(C#N)n2)cc1. The van der Waals surface area contributed by atoms with Crippen LogP contribution in [0.25, 0.3) is 11.3 Å². The van der Waals surface area contributed by atoms with E-state index >= 15 is 0 Å². The third kappa shape index (κ3) is 2.84. The Balaban J connectivity index is 2.21. The maximum Gasteiger partial charge on any atom is 0.188 e. The van der Waals surface area contributed by atoms with Crippen LogP contribution in [-0.4, -0.2) is 18.9 Å². The molecule has 0 N–H and O–H groups in total. The summed E-state index contributed by atoms with van der Waals surface area (Å²) >= 11 is 0. The number of nitriles is 1. The van der Waals surface area contributed by atoms with Crippen LogP contribution in [0, 0.1) is 11.3 Å². The van der Waals surface area contributed by atoms with Gasteiger partial charge in [0.2, 0.25) is 0 Å². The highest BCUT2D eigenvalue weighted by Gasteiger charge is 2.01. The van der Waals surface area contributed by atoms with Gasteiger partial charge in [0.25, 0.3) is 0 Å². The van der Waals surface area contributed by atoms with Crippen molar-refractivity contribution in [2.45, 2.75) is 0 Å². The van der Waals surface area contributed by atoms with E-state index in [2.05, 4.69) is 4.98 Å². The van der Waals surface area contributed by atoms with Crippen LogP contribution >= 0.6 is 0 Å². The first-order valence-corrected chi connectivity index (χ1v) is 5.43. The fourth-order valence-electron chi connectivity index (χ4n) is 1.51. The van der Waals surface area contributed by atoms with Gasteiger partial charge in [-0.3, -0.25) is 0 Å². The summed E-state index contributed by atoms with van der Waals surface area (Å²) in [6.07, 6.45) is 0. The normalized spacial score (nSPS) is 9.78. The first kappa shape index (κ1) is 12.1. The van der Waals surface area contributed by atoms with Gasteiger partial charge in [0.05, 0.1) is 5.69 Å². The minimum absolute atomic E-state index is 0.224. The molecule has 2 rings (SSSR count). The van der Waals surface area contributed by atoms with E-state index in [1.165, 1.54) is 0 Å². The molecule has 4 nitrogen and oxygen atoms in total. The molecule has 4 heteroatoms. The van der Waals surface area contributed by atoms with E-state index in [0.717, 1.165) is 17.0 Å². The summed E-state index contributed by atoms with van der Waals surface area (Å²) in [6.45, 7) is 0.224. The second-order valence-electron chi connectivity index (χ2n) is 3.60. The maximum absolute atomic E-state index is 8.80. The molecule has 0 bridgehead atoms. The third-order valence-electron chi connectivity index (χ3n) is 2.36. The molecular formula is C14H12N2O2. The fraction of sp³-hybridized carbons (Fsp3) is 0.143. The molecule has 0 amide bonds. The zero-order valence-corrected chi connectivity index (χ0v) is 9.96. The van der Waals surface area contributed by atoms with Crippen LogP contribution in [-0.2, 0) is 4.74 Å². The highest BCUT2D eigenvalue weighted by molar-refractivity contribution is 5.60. The van der Waals surface area contributed by atoms with Crippen molar-refractivity contribution < 1.29 is 9.47 Å². The van der Waals surface area contributed by atoms with Gasteiger partial charge in [0.1, 0.15) is 17.5 Å². The molecule has 1 heterocycles. The van der Waals surface area contributed by atoms with Crippen molar-refractivity contribution in [3.63, 3.8) is 0 Å². The summed E-state index contributed by atoms with van der Waals surface area (Å²) in [5.74, 6) is 0.733. The Bertz CT molecular complexity index is 559. The summed E-state index contributed by atoms with van der Waals surface area (Å²) in [5.41, 5.74) is 2.12. The van der Waals surface area contributed by atoms with Crippen LogP contribution in [0.2, 0.25) is 0 Å². The van der Waals surface area contributed by atoms with Gasteiger partial charge in [-0.15, -0.1) is 0 Å². The Kier molecular flexibility index (Phi) is 3.90. The number of methoxy groups -OCH3 is 1. The van der Waals surface area contributed by atoms with E-state index in [1.54, 1.807) is 13.2 Å². The van der Waals surface area contributed by atoms with E-state index in [9.17, 15) is 0 Å². The largest absolute Gasteiger partial charge is 0.468 e. The molecule has 0 saturated carbocycles. The van der Waals surface area contributed by atoms with Crippen molar-refractivity contribution in [2.75, 3.05) is 13.9 Å². The molecule has 0 unspecified atom stereocenters. The summed E-state index contributed by atoms with van der Waals surface area (Å²) in [4.78, 5) is 4.23. The number of ether oxygens (including phenoxy) is 2. The Hall–Kier alpha value is -2.38. The number of benzene rings is 1. The Morgan fingerprint density at radius 1 is 1.17 bits per heavy atom. The van der Waals surface area contributed by atoms with Gasteiger partial charge in [-0.2, -0.15) is 5.26 Å². The van der Waals surface area contributed by atoms with Crippen LogP contribution in [0.4, 0.5) is 0 Å². The van der Waals surface area contributed by atoms with Crippen molar-refractivity contribution in [3.8, 4) is 23.1 Å². The molecule has 0 atom stereocenters. The van der Waals surface area contributed by atoms with Crippen LogP contribution in [0.15, 0.2) is 42.5 Å². The van der Waals surface area contributed by atoms with Gasteiger partial charge in [-0.1, -0.05) is 6.07 Å². The smallest absolute Gasteiger partial charge is 0.188 e. The zero-order chi connectivity index (χ0) is 12.8. The molecule has 0 fully saturated rings. The maximum atomic E-state index is 8.80. The van der Waals surface area contributed by atoms with Gasteiger partial charge in [-0.25, -0.2) is 4.98 Å². The summed E-state index contributed by atoms with van der Waals surface area (Å²) in [5, 5.41) is 8.80. The molecule has 0 spiro atoms. The average Bonchev–Trinajstić information content (AvgIpc) is 2.46. The van der Waals surface area contributed by atoms with Crippen LogP contribution in [0.3, 0.4) is 0 Å². The van der Waals surface area contributed by atoms with Crippen molar-refractivity contribution in [1.82, 2.24) is 4.98 Å². The average molecular weight is 240 g/mol. The van der Waals surface area contributed by atoms with Gasteiger partial charge in [0.15, 0.2) is 6.79 Å². The number of pyridine rings is 1. The number of hydrogen-bond acceptors (Lipinski definition) is 4. The third-order valence-corrected chi connectivity index (χ3v) is 2.36. The summed E-state index contributed by atoms with van der Waals surface area (Å²) < 4.78 is 10.1. The van der Waals surface area contributed by atoms with Crippen molar-refractivity contribution >= 4 is 0 Å².